The zero-order valence-electron chi connectivity index (χ0n) is 16.7. The molecule has 1 unspecified atom stereocenters. The fraction of sp³-hybridized carbons (Fsp3) is 0.500. The van der Waals surface area contributed by atoms with E-state index in [-0.39, 0.29) is 23.9 Å². The van der Waals surface area contributed by atoms with Crippen LogP contribution in [0.5, 0.6) is 11.8 Å². The Labute approximate surface area is 163 Å². The monoisotopic (exact) mass is 397 g/mol. The molecule has 0 aliphatic heterocycles. The Hall–Kier alpha value is -2.51. The highest BCUT2D eigenvalue weighted by molar-refractivity contribution is 5.68. The number of hydrogen-bond acceptors (Lipinski definition) is 5. The lowest BCUT2D eigenvalue weighted by atomic mass is 10.2. The first-order valence-electron chi connectivity index (χ1n) is 9.19. The number of alkyl halides is 3. The SMILES string of the molecule is CCC(C)Oc1ccccc1N(C)c1nc(OCC(C)C)ncc1C(F)(F)F. The number of nitrogens with zero attached hydrogens (tertiary/aromatic N) is 3. The Morgan fingerprint density at radius 2 is 1.82 bits per heavy atom. The van der Waals surface area contributed by atoms with Crippen LogP contribution in [0.4, 0.5) is 24.7 Å². The van der Waals surface area contributed by atoms with Gasteiger partial charge in [0.2, 0.25) is 0 Å². The first kappa shape index (κ1) is 21.8. The van der Waals surface area contributed by atoms with Crippen LogP contribution < -0.4 is 14.4 Å². The van der Waals surface area contributed by atoms with Gasteiger partial charge in [-0.25, -0.2) is 4.98 Å². The van der Waals surface area contributed by atoms with E-state index in [4.69, 9.17) is 9.47 Å². The van der Waals surface area contributed by atoms with E-state index < -0.39 is 11.7 Å². The Morgan fingerprint density at radius 1 is 1.14 bits per heavy atom. The highest BCUT2D eigenvalue weighted by atomic mass is 19.4. The lowest BCUT2D eigenvalue weighted by Gasteiger charge is -2.25. The second kappa shape index (κ2) is 9.12. The van der Waals surface area contributed by atoms with Crippen LogP contribution >= 0.6 is 0 Å². The molecule has 1 atom stereocenters. The van der Waals surface area contributed by atoms with Crippen molar-refractivity contribution >= 4 is 11.5 Å². The first-order chi connectivity index (χ1) is 13.1. The highest BCUT2D eigenvalue weighted by Crippen LogP contribution is 2.40. The first-order valence-corrected chi connectivity index (χ1v) is 9.19. The van der Waals surface area contributed by atoms with E-state index in [0.29, 0.717) is 18.0 Å². The van der Waals surface area contributed by atoms with Gasteiger partial charge in [0.15, 0.2) is 5.82 Å². The van der Waals surface area contributed by atoms with Crippen molar-refractivity contribution in [2.75, 3.05) is 18.6 Å². The van der Waals surface area contributed by atoms with E-state index in [1.165, 1.54) is 11.9 Å². The van der Waals surface area contributed by atoms with Crippen molar-refractivity contribution in [3.8, 4) is 11.8 Å². The molecule has 0 N–H and O–H groups in total. The fourth-order valence-electron chi connectivity index (χ4n) is 2.37. The molecule has 0 saturated carbocycles. The molecular formula is C20H26F3N3O2. The van der Waals surface area contributed by atoms with Gasteiger partial charge in [-0.15, -0.1) is 0 Å². The quantitative estimate of drug-likeness (QED) is 0.591. The van der Waals surface area contributed by atoms with E-state index in [2.05, 4.69) is 9.97 Å². The van der Waals surface area contributed by atoms with Crippen LogP contribution in [0.1, 0.15) is 39.7 Å². The maximum Gasteiger partial charge on any atom is 0.421 e. The zero-order valence-corrected chi connectivity index (χ0v) is 16.7. The van der Waals surface area contributed by atoms with Crippen LogP contribution in [-0.2, 0) is 6.18 Å². The maximum absolute atomic E-state index is 13.6. The molecule has 28 heavy (non-hydrogen) atoms. The molecule has 0 amide bonds. The molecule has 8 heteroatoms. The molecule has 0 spiro atoms. The van der Waals surface area contributed by atoms with Crippen molar-refractivity contribution in [1.29, 1.82) is 0 Å². The Bertz CT molecular complexity index is 782. The molecule has 0 bridgehead atoms. The lowest BCUT2D eigenvalue weighted by molar-refractivity contribution is -0.137. The van der Waals surface area contributed by atoms with Gasteiger partial charge in [-0.3, -0.25) is 0 Å². The van der Waals surface area contributed by atoms with Crippen molar-refractivity contribution < 1.29 is 22.6 Å². The number of rotatable bonds is 8. The minimum Gasteiger partial charge on any atom is -0.489 e. The lowest BCUT2D eigenvalue weighted by Crippen LogP contribution is -2.21. The van der Waals surface area contributed by atoms with Crippen LogP contribution in [-0.4, -0.2) is 29.7 Å². The predicted molar refractivity (Wildman–Crippen MR) is 102 cm³/mol. The summed E-state index contributed by atoms with van der Waals surface area (Å²) in [5.41, 5.74) is -0.466. The summed E-state index contributed by atoms with van der Waals surface area (Å²) in [5.74, 6) is 0.383. The molecule has 0 aliphatic rings. The Kier molecular flexibility index (Phi) is 7.10. The third-order valence-corrected chi connectivity index (χ3v) is 4.05. The average Bonchev–Trinajstić information content (AvgIpc) is 2.65. The molecule has 2 rings (SSSR count). The summed E-state index contributed by atoms with van der Waals surface area (Å²) in [6, 6.07) is 6.83. The van der Waals surface area contributed by atoms with Crippen LogP contribution in [0.15, 0.2) is 30.5 Å². The third-order valence-electron chi connectivity index (χ3n) is 4.05. The van der Waals surface area contributed by atoms with Crippen LogP contribution in [0.3, 0.4) is 0 Å². The number of aromatic nitrogens is 2. The molecule has 1 aromatic heterocycles. The summed E-state index contributed by atoms with van der Waals surface area (Å²) in [5, 5.41) is 0. The van der Waals surface area contributed by atoms with Crippen molar-refractivity contribution in [3.05, 3.63) is 36.0 Å². The van der Waals surface area contributed by atoms with Crippen LogP contribution in [0.2, 0.25) is 0 Å². The second-order valence-electron chi connectivity index (χ2n) is 6.96. The van der Waals surface area contributed by atoms with E-state index in [1.807, 2.05) is 27.7 Å². The average molecular weight is 397 g/mol. The predicted octanol–water partition coefficient (Wildman–Crippen LogP) is 5.48. The maximum atomic E-state index is 13.6. The van der Waals surface area contributed by atoms with Gasteiger partial charge in [0.1, 0.15) is 11.3 Å². The van der Waals surface area contributed by atoms with E-state index in [1.54, 1.807) is 24.3 Å². The van der Waals surface area contributed by atoms with Gasteiger partial charge in [-0.1, -0.05) is 32.9 Å². The van der Waals surface area contributed by atoms with E-state index >= 15 is 0 Å². The van der Waals surface area contributed by atoms with Gasteiger partial charge in [0.25, 0.3) is 0 Å². The standard InChI is InChI=1S/C20H26F3N3O2/c1-6-14(4)28-17-10-8-7-9-16(17)26(5)18-15(20(21,22)23)11-24-19(25-18)27-12-13(2)3/h7-11,13-14H,6,12H2,1-5H3. The number of halogens is 3. The molecule has 0 saturated heterocycles. The summed E-state index contributed by atoms with van der Waals surface area (Å²) in [6.07, 6.45) is -3.15. The second-order valence-corrected chi connectivity index (χ2v) is 6.96. The van der Waals surface area contributed by atoms with Gasteiger partial charge in [-0.05, 0) is 31.4 Å². The van der Waals surface area contributed by atoms with Crippen molar-refractivity contribution in [1.82, 2.24) is 9.97 Å². The number of benzene rings is 1. The molecule has 1 heterocycles. The summed E-state index contributed by atoms with van der Waals surface area (Å²) in [7, 11) is 1.52. The third kappa shape index (κ3) is 5.50. The molecule has 154 valence electrons. The van der Waals surface area contributed by atoms with Crippen molar-refractivity contribution in [2.45, 2.75) is 46.4 Å². The summed E-state index contributed by atoms with van der Waals surface area (Å²) in [4.78, 5) is 9.12. The molecule has 0 fully saturated rings. The van der Waals surface area contributed by atoms with Crippen LogP contribution in [0, 0.1) is 5.92 Å². The Balaban J connectivity index is 2.48. The molecule has 0 aliphatic carbocycles. The molecule has 5 nitrogen and oxygen atoms in total. The number of para-hydroxylation sites is 2. The molecule has 1 aromatic carbocycles. The van der Waals surface area contributed by atoms with Gasteiger partial charge in [0.05, 0.1) is 18.4 Å². The normalized spacial score (nSPS) is 12.8. The van der Waals surface area contributed by atoms with Crippen molar-refractivity contribution in [2.24, 2.45) is 5.92 Å². The number of ether oxygens (including phenoxy) is 2. The topological polar surface area (TPSA) is 47.5 Å². The van der Waals surface area contributed by atoms with Crippen molar-refractivity contribution in [3.63, 3.8) is 0 Å². The number of hydrogen-bond donors (Lipinski definition) is 0. The number of anilines is 2. The molecule has 2 aromatic rings. The minimum atomic E-state index is -4.60. The summed E-state index contributed by atoms with van der Waals surface area (Å²) >= 11 is 0. The minimum absolute atomic E-state index is 0.0769. The highest BCUT2D eigenvalue weighted by Gasteiger charge is 2.37. The van der Waals surface area contributed by atoms with E-state index in [9.17, 15) is 13.2 Å². The zero-order chi connectivity index (χ0) is 20.9. The molecular weight excluding hydrogens is 371 g/mol. The summed E-state index contributed by atoms with van der Waals surface area (Å²) in [6.45, 7) is 8.05. The fourth-order valence-corrected chi connectivity index (χ4v) is 2.37. The van der Waals surface area contributed by atoms with Crippen LogP contribution in [0.25, 0.3) is 0 Å². The van der Waals surface area contributed by atoms with Gasteiger partial charge in [0, 0.05) is 13.2 Å². The Morgan fingerprint density at radius 3 is 2.43 bits per heavy atom. The van der Waals surface area contributed by atoms with E-state index in [0.717, 1.165) is 12.6 Å². The largest absolute Gasteiger partial charge is 0.489 e. The van der Waals surface area contributed by atoms with Gasteiger partial charge >= 0.3 is 12.2 Å². The smallest absolute Gasteiger partial charge is 0.421 e. The molecule has 0 radical (unpaired) electrons. The van der Waals surface area contributed by atoms with Gasteiger partial charge in [-0.2, -0.15) is 18.2 Å². The van der Waals surface area contributed by atoms with Gasteiger partial charge < -0.3 is 14.4 Å². The summed E-state index contributed by atoms with van der Waals surface area (Å²) < 4.78 is 52.0.